The number of rotatable bonds is 3. The summed E-state index contributed by atoms with van der Waals surface area (Å²) in [6.45, 7) is 2.75. The van der Waals surface area contributed by atoms with Gasteiger partial charge in [0.15, 0.2) is 0 Å². The first kappa shape index (κ1) is 11.0. The molecule has 0 aliphatic rings. The first-order valence-corrected chi connectivity index (χ1v) is 4.49. The molecule has 0 bridgehead atoms. The lowest BCUT2D eigenvalue weighted by Crippen LogP contribution is -2.15. The van der Waals surface area contributed by atoms with Crippen molar-refractivity contribution < 1.29 is 4.92 Å². The molecule has 0 radical (unpaired) electrons. The Morgan fingerprint density at radius 1 is 1.60 bits per heavy atom. The van der Waals surface area contributed by atoms with E-state index in [2.05, 4.69) is 0 Å². The second kappa shape index (κ2) is 4.42. The summed E-state index contributed by atoms with van der Waals surface area (Å²) in [5.41, 5.74) is 0.753. The van der Waals surface area contributed by atoms with Crippen molar-refractivity contribution in [2.75, 3.05) is 18.5 Å². The van der Waals surface area contributed by atoms with E-state index in [-0.39, 0.29) is 11.3 Å². The van der Waals surface area contributed by atoms with Gasteiger partial charge >= 0.3 is 0 Å². The SMILES string of the molecule is CCN(C)c1ccc([N+](=O)[O-])c(C#N)c1. The van der Waals surface area contributed by atoms with E-state index in [4.69, 9.17) is 5.26 Å². The van der Waals surface area contributed by atoms with Gasteiger partial charge in [0.05, 0.1) is 4.92 Å². The van der Waals surface area contributed by atoms with E-state index in [1.165, 1.54) is 12.1 Å². The van der Waals surface area contributed by atoms with Gasteiger partial charge in [-0.05, 0) is 19.1 Å². The summed E-state index contributed by atoms with van der Waals surface area (Å²) in [6, 6.07) is 6.36. The highest BCUT2D eigenvalue weighted by Gasteiger charge is 2.14. The van der Waals surface area contributed by atoms with Gasteiger partial charge in [-0.2, -0.15) is 5.26 Å². The van der Waals surface area contributed by atoms with Crippen LogP contribution >= 0.6 is 0 Å². The molecule has 0 atom stereocenters. The van der Waals surface area contributed by atoms with Crippen LogP contribution in [0.4, 0.5) is 11.4 Å². The van der Waals surface area contributed by atoms with E-state index < -0.39 is 4.92 Å². The monoisotopic (exact) mass is 205 g/mol. The first-order chi connectivity index (χ1) is 7.10. The van der Waals surface area contributed by atoms with Crippen molar-refractivity contribution in [3.63, 3.8) is 0 Å². The molecule has 0 aliphatic carbocycles. The molecular formula is C10H11N3O2. The minimum atomic E-state index is -0.547. The van der Waals surface area contributed by atoms with Gasteiger partial charge in [0, 0.05) is 25.3 Å². The van der Waals surface area contributed by atoms with Gasteiger partial charge in [-0.25, -0.2) is 0 Å². The Labute approximate surface area is 87.7 Å². The molecule has 0 fully saturated rings. The topological polar surface area (TPSA) is 70.2 Å². The van der Waals surface area contributed by atoms with Gasteiger partial charge in [-0.15, -0.1) is 0 Å². The number of nitro benzene ring substituents is 1. The summed E-state index contributed by atoms with van der Waals surface area (Å²) < 4.78 is 0. The normalized spacial score (nSPS) is 9.40. The smallest absolute Gasteiger partial charge is 0.287 e. The van der Waals surface area contributed by atoms with Crippen LogP contribution < -0.4 is 4.90 Å². The molecule has 5 heteroatoms. The quantitative estimate of drug-likeness (QED) is 0.558. The van der Waals surface area contributed by atoms with Crippen molar-refractivity contribution >= 4 is 11.4 Å². The molecule has 0 saturated heterocycles. The van der Waals surface area contributed by atoms with Crippen molar-refractivity contribution in [3.05, 3.63) is 33.9 Å². The highest BCUT2D eigenvalue weighted by Crippen LogP contribution is 2.23. The minimum Gasteiger partial charge on any atom is -0.375 e. The molecule has 0 N–H and O–H groups in total. The van der Waals surface area contributed by atoms with E-state index >= 15 is 0 Å². The van der Waals surface area contributed by atoms with Crippen molar-refractivity contribution in [2.45, 2.75) is 6.92 Å². The van der Waals surface area contributed by atoms with Gasteiger partial charge in [0.1, 0.15) is 11.6 Å². The summed E-state index contributed by atoms with van der Waals surface area (Å²) in [5.74, 6) is 0. The van der Waals surface area contributed by atoms with Gasteiger partial charge < -0.3 is 4.90 Å². The molecule has 15 heavy (non-hydrogen) atoms. The number of benzene rings is 1. The van der Waals surface area contributed by atoms with Crippen LogP contribution in [0.15, 0.2) is 18.2 Å². The summed E-state index contributed by atoms with van der Waals surface area (Å²) in [6.07, 6.45) is 0. The van der Waals surface area contributed by atoms with E-state index in [0.29, 0.717) is 0 Å². The van der Waals surface area contributed by atoms with Gasteiger partial charge in [-0.3, -0.25) is 10.1 Å². The van der Waals surface area contributed by atoms with Crippen LogP contribution in [0, 0.1) is 21.4 Å². The Hall–Kier alpha value is -2.09. The van der Waals surface area contributed by atoms with Crippen LogP contribution in [0.25, 0.3) is 0 Å². The largest absolute Gasteiger partial charge is 0.375 e. The predicted octanol–water partition coefficient (Wildman–Crippen LogP) is 1.92. The van der Waals surface area contributed by atoms with Crippen molar-refractivity contribution in [2.24, 2.45) is 0 Å². The fourth-order valence-electron chi connectivity index (χ4n) is 1.19. The van der Waals surface area contributed by atoms with Crippen LogP contribution in [-0.2, 0) is 0 Å². The first-order valence-electron chi connectivity index (χ1n) is 4.49. The predicted molar refractivity (Wildman–Crippen MR) is 56.8 cm³/mol. The summed E-state index contributed by atoms with van der Waals surface area (Å²) in [4.78, 5) is 11.9. The van der Waals surface area contributed by atoms with Crippen LogP contribution in [-0.4, -0.2) is 18.5 Å². The van der Waals surface area contributed by atoms with Gasteiger partial charge in [0.2, 0.25) is 0 Å². The molecule has 0 unspecified atom stereocenters. The second-order valence-electron chi connectivity index (χ2n) is 3.08. The number of nitriles is 1. The van der Waals surface area contributed by atoms with E-state index in [1.54, 1.807) is 6.07 Å². The Morgan fingerprint density at radius 2 is 2.27 bits per heavy atom. The number of hydrogen-bond donors (Lipinski definition) is 0. The van der Waals surface area contributed by atoms with Crippen LogP contribution in [0.3, 0.4) is 0 Å². The zero-order valence-electron chi connectivity index (χ0n) is 8.60. The third kappa shape index (κ3) is 2.23. The zero-order valence-corrected chi connectivity index (χ0v) is 8.60. The Balaban J connectivity index is 3.20. The van der Waals surface area contributed by atoms with E-state index in [0.717, 1.165) is 12.2 Å². The number of nitrogens with zero attached hydrogens (tertiary/aromatic N) is 3. The number of nitro groups is 1. The molecule has 0 aromatic heterocycles. The lowest BCUT2D eigenvalue weighted by Gasteiger charge is -2.16. The highest BCUT2D eigenvalue weighted by molar-refractivity contribution is 5.59. The fraction of sp³-hybridized carbons (Fsp3) is 0.300. The Bertz CT molecular complexity index is 423. The lowest BCUT2D eigenvalue weighted by molar-refractivity contribution is -0.385. The maximum atomic E-state index is 10.6. The van der Waals surface area contributed by atoms with Crippen molar-refractivity contribution in [1.82, 2.24) is 0 Å². The Morgan fingerprint density at radius 3 is 2.73 bits per heavy atom. The van der Waals surface area contributed by atoms with Crippen LogP contribution in [0.5, 0.6) is 0 Å². The molecule has 0 amide bonds. The third-order valence-electron chi connectivity index (χ3n) is 2.21. The maximum absolute atomic E-state index is 10.6. The van der Waals surface area contributed by atoms with Crippen LogP contribution in [0.1, 0.15) is 12.5 Å². The molecule has 1 aromatic carbocycles. The van der Waals surface area contributed by atoms with Crippen molar-refractivity contribution in [3.8, 4) is 6.07 Å². The summed E-state index contributed by atoms with van der Waals surface area (Å²) in [5, 5.41) is 19.3. The van der Waals surface area contributed by atoms with Crippen LogP contribution in [0.2, 0.25) is 0 Å². The lowest BCUT2D eigenvalue weighted by atomic mass is 10.1. The molecule has 0 heterocycles. The molecule has 1 aromatic rings. The molecule has 1 rings (SSSR count). The van der Waals surface area contributed by atoms with E-state index in [1.807, 2.05) is 24.9 Å². The average molecular weight is 205 g/mol. The van der Waals surface area contributed by atoms with Gasteiger partial charge in [-0.1, -0.05) is 0 Å². The number of hydrogen-bond acceptors (Lipinski definition) is 4. The maximum Gasteiger partial charge on any atom is 0.287 e. The Kier molecular flexibility index (Phi) is 3.24. The molecule has 0 spiro atoms. The molecule has 0 aliphatic heterocycles. The molecular weight excluding hydrogens is 194 g/mol. The summed E-state index contributed by atoms with van der Waals surface area (Å²) >= 11 is 0. The molecule has 78 valence electrons. The zero-order chi connectivity index (χ0) is 11.4. The molecule has 0 saturated carbocycles. The molecule has 5 nitrogen and oxygen atoms in total. The minimum absolute atomic E-state index is 0.0952. The second-order valence-corrected chi connectivity index (χ2v) is 3.08. The van der Waals surface area contributed by atoms with E-state index in [9.17, 15) is 10.1 Å². The standard InChI is InChI=1S/C10H11N3O2/c1-3-12(2)9-4-5-10(13(14)15)8(6-9)7-11/h4-6H,3H2,1-2H3. The number of anilines is 1. The summed E-state index contributed by atoms with van der Waals surface area (Å²) in [7, 11) is 1.86. The van der Waals surface area contributed by atoms with Gasteiger partial charge in [0.25, 0.3) is 5.69 Å². The fourth-order valence-corrected chi connectivity index (χ4v) is 1.19. The average Bonchev–Trinajstić information content (AvgIpc) is 2.26. The van der Waals surface area contributed by atoms with Crippen molar-refractivity contribution in [1.29, 1.82) is 5.26 Å². The highest BCUT2D eigenvalue weighted by atomic mass is 16.6. The third-order valence-corrected chi connectivity index (χ3v) is 2.21.